The van der Waals surface area contributed by atoms with Crippen molar-refractivity contribution in [3.63, 3.8) is 0 Å². The second-order valence-corrected chi connectivity index (χ2v) is 6.55. The van der Waals surface area contributed by atoms with Crippen LogP contribution in [0, 0.1) is 6.92 Å². The number of hydrogen-bond acceptors (Lipinski definition) is 4. The summed E-state index contributed by atoms with van der Waals surface area (Å²) in [6.45, 7) is 6.36. The monoisotopic (exact) mass is 287 g/mol. The number of rotatable bonds is 6. The summed E-state index contributed by atoms with van der Waals surface area (Å²) in [5.41, 5.74) is 3.77. The third kappa shape index (κ3) is 2.91. The molecular formula is C16H21N3S. The Morgan fingerprint density at radius 2 is 2.25 bits per heavy atom. The Balaban J connectivity index is 1.89. The summed E-state index contributed by atoms with van der Waals surface area (Å²) in [4.78, 5) is 10.6. The Kier molecular flexibility index (Phi) is 4.13. The molecular weight excluding hydrogens is 266 g/mol. The van der Waals surface area contributed by atoms with Crippen molar-refractivity contribution in [1.82, 2.24) is 15.3 Å². The Morgan fingerprint density at radius 3 is 2.95 bits per heavy atom. The summed E-state index contributed by atoms with van der Waals surface area (Å²) >= 11 is 1.83. The van der Waals surface area contributed by atoms with Crippen LogP contribution < -0.4 is 5.32 Å². The van der Waals surface area contributed by atoms with Gasteiger partial charge in [-0.15, -0.1) is 11.3 Å². The Labute approximate surface area is 124 Å². The molecule has 0 spiro atoms. The summed E-state index contributed by atoms with van der Waals surface area (Å²) < 4.78 is 0. The highest BCUT2D eigenvalue weighted by atomic mass is 32.1. The van der Waals surface area contributed by atoms with E-state index in [9.17, 15) is 0 Å². The minimum Gasteiger partial charge on any atom is -0.312 e. The van der Waals surface area contributed by atoms with Crippen molar-refractivity contribution in [2.75, 3.05) is 6.54 Å². The van der Waals surface area contributed by atoms with Crippen LogP contribution in [0.2, 0.25) is 0 Å². The fourth-order valence-corrected chi connectivity index (χ4v) is 3.54. The molecule has 4 heteroatoms. The highest BCUT2D eigenvalue weighted by Crippen LogP contribution is 2.44. The molecule has 3 rings (SSSR count). The standard InChI is InChI=1S/C16H21N3S/c1-3-7-17-10-14-15(12-4-5-12)19-16(20-14)13-9-18-8-6-11(13)2/h6,8-9,12,17H,3-5,7,10H2,1-2H3. The quantitative estimate of drug-likeness (QED) is 0.819. The highest BCUT2D eigenvalue weighted by molar-refractivity contribution is 7.15. The number of nitrogens with zero attached hydrogens (tertiary/aromatic N) is 2. The molecule has 3 nitrogen and oxygen atoms in total. The van der Waals surface area contributed by atoms with Crippen molar-refractivity contribution in [3.05, 3.63) is 34.6 Å². The van der Waals surface area contributed by atoms with Gasteiger partial charge in [-0.1, -0.05) is 6.92 Å². The van der Waals surface area contributed by atoms with Crippen molar-refractivity contribution >= 4 is 11.3 Å². The molecule has 2 aromatic rings. The lowest BCUT2D eigenvalue weighted by Crippen LogP contribution is -2.13. The molecule has 0 aromatic carbocycles. The summed E-state index contributed by atoms with van der Waals surface area (Å²) in [6, 6.07) is 2.06. The molecule has 1 aliphatic carbocycles. The normalized spacial score (nSPS) is 14.7. The van der Waals surface area contributed by atoms with Crippen LogP contribution in [0.5, 0.6) is 0 Å². The third-order valence-corrected chi connectivity index (χ3v) is 4.78. The van der Waals surface area contributed by atoms with Crippen molar-refractivity contribution in [2.24, 2.45) is 0 Å². The number of nitrogens with one attached hydrogen (secondary N) is 1. The van der Waals surface area contributed by atoms with Gasteiger partial charge in [-0.2, -0.15) is 0 Å². The van der Waals surface area contributed by atoms with E-state index < -0.39 is 0 Å². The van der Waals surface area contributed by atoms with Gasteiger partial charge in [0.05, 0.1) is 5.69 Å². The molecule has 0 saturated heterocycles. The molecule has 1 N–H and O–H groups in total. The third-order valence-electron chi connectivity index (χ3n) is 3.67. The first-order chi connectivity index (χ1) is 9.79. The maximum atomic E-state index is 4.92. The summed E-state index contributed by atoms with van der Waals surface area (Å²) in [6.07, 6.45) is 7.56. The SMILES string of the molecule is CCCNCc1sc(-c2cnccc2C)nc1C1CC1. The number of thiazole rings is 1. The number of pyridine rings is 1. The zero-order valence-electron chi connectivity index (χ0n) is 12.1. The smallest absolute Gasteiger partial charge is 0.125 e. The van der Waals surface area contributed by atoms with E-state index in [1.54, 1.807) is 0 Å². The molecule has 1 fully saturated rings. The average molecular weight is 287 g/mol. The largest absolute Gasteiger partial charge is 0.312 e. The molecule has 2 aromatic heterocycles. The fraction of sp³-hybridized carbons (Fsp3) is 0.500. The van der Waals surface area contributed by atoms with Crippen molar-refractivity contribution in [1.29, 1.82) is 0 Å². The maximum absolute atomic E-state index is 4.92. The molecule has 0 amide bonds. The Bertz CT molecular complexity index is 587. The van der Waals surface area contributed by atoms with E-state index in [-0.39, 0.29) is 0 Å². The van der Waals surface area contributed by atoms with E-state index in [4.69, 9.17) is 4.98 Å². The molecule has 0 atom stereocenters. The minimum atomic E-state index is 0.704. The molecule has 1 saturated carbocycles. The number of hydrogen-bond donors (Lipinski definition) is 1. The first-order valence-corrected chi connectivity index (χ1v) is 8.22. The fourth-order valence-electron chi connectivity index (χ4n) is 2.35. The van der Waals surface area contributed by atoms with Gasteiger partial charge in [0.2, 0.25) is 0 Å². The minimum absolute atomic E-state index is 0.704. The van der Waals surface area contributed by atoms with Crippen molar-refractivity contribution < 1.29 is 0 Å². The molecule has 0 radical (unpaired) electrons. The van der Waals surface area contributed by atoms with Gasteiger partial charge in [0.15, 0.2) is 0 Å². The van der Waals surface area contributed by atoms with Crippen LogP contribution in [-0.2, 0) is 6.54 Å². The predicted octanol–water partition coefficient (Wildman–Crippen LogP) is 3.89. The van der Waals surface area contributed by atoms with Gasteiger partial charge >= 0.3 is 0 Å². The lowest BCUT2D eigenvalue weighted by atomic mass is 10.2. The van der Waals surface area contributed by atoms with Gasteiger partial charge in [-0.3, -0.25) is 4.98 Å². The number of aromatic nitrogens is 2. The summed E-state index contributed by atoms with van der Waals surface area (Å²) in [7, 11) is 0. The van der Waals surface area contributed by atoms with Crippen LogP contribution in [0.25, 0.3) is 10.6 Å². The van der Waals surface area contributed by atoms with E-state index in [0.717, 1.165) is 18.1 Å². The second kappa shape index (κ2) is 6.02. The zero-order valence-corrected chi connectivity index (χ0v) is 13.0. The van der Waals surface area contributed by atoms with E-state index in [2.05, 4.69) is 30.2 Å². The van der Waals surface area contributed by atoms with Crippen LogP contribution in [0.4, 0.5) is 0 Å². The van der Waals surface area contributed by atoms with Crippen LogP contribution in [0.15, 0.2) is 18.5 Å². The van der Waals surface area contributed by atoms with Gasteiger partial charge in [-0.25, -0.2) is 4.98 Å². The van der Waals surface area contributed by atoms with E-state index in [1.807, 2.05) is 23.7 Å². The van der Waals surface area contributed by atoms with E-state index in [0.29, 0.717) is 5.92 Å². The lowest BCUT2D eigenvalue weighted by Gasteiger charge is -2.01. The second-order valence-electron chi connectivity index (χ2n) is 5.47. The molecule has 0 bridgehead atoms. The maximum Gasteiger partial charge on any atom is 0.125 e. The molecule has 106 valence electrons. The Hall–Kier alpha value is -1.26. The predicted molar refractivity (Wildman–Crippen MR) is 84.1 cm³/mol. The molecule has 0 unspecified atom stereocenters. The lowest BCUT2D eigenvalue weighted by molar-refractivity contribution is 0.676. The average Bonchev–Trinajstić information content (AvgIpc) is 3.21. The first kappa shape index (κ1) is 13.7. The topological polar surface area (TPSA) is 37.8 Å². The zero-order chi connectivity index (χ0) is 13.9. The molecule has 20 heavy (non-hydrogen) atoms. The van der Waals surface area contributed by atoms with Gasteiger partial charge in [0.25, 0.3) is 0 Å². The first-order valence-electron chi connectivity index (χ1n) is 7.41. The Morgan fingerprint density at radius 1 is 1.40 bits per heavy atom. The number of aryl methyl sites for hydroxylation is 1. The molecule has 0 aliphatic heterocycles. The van der Waals surface area contributed by atoms with Gasteiger partial charge < -0.3 is 5.32 Å². The van der Waals surface area contributed by atoms with Crippen molar-refractivity contribution in [2.45, 2.75) is 45.6 Å². The molecule has 1 aliphatic rings. The van der Waals surface area contributed by atoms with E-state index in [1.165, 1.54) is 41.0 Å². The van der Waals surface area contributed by atoms with Crippen LogP contribution in [-0.4, -0.2) is 16.5 Å². The van der Waals surface area contributed by atoms with Crippen molar-refractivity contribution in [3.8, 4) is 10.6 Å². The highest BCUT2D eigenvalue weighted by Gasteiger charge is 2.29. The summed E-state index contributed by atoms with van der Waals surface area (Å²) in [5.74, 6) is 0.704. The van der Waals surface area contributed by atoms with Gasteiger partial charge in [-0.05, 0) is 44.4 Å². The van der Waals surface area contributed by atoms with Crippen LogP contribution in [0.3, 0.4) is 0 Å². The summed E-state index contributed by atoms with van der Waals surface area (Å²) in [5, 5.41) is 4.64. The molecule has 2 heterocycles. The van der Waals surface area contributed by atoms with Crippen LogP contribution >= 0.6 is 11.3 Å². The van der Waals surface area contributed by atoms with Crippen LogP contribution in [0.1, 0.15) is 48.2 Å². The van der Waals surface area contributed by atoms with Gasteiger partial charge in [0, 0.05) is 35.3 Å². The van der Waals surface area contributed by atoms with E-state index >= 15 is 0 Å². The van der Waals surface area contributed by atoms with Gasteiger partial charge in [0.1, 0.15) is 5.01 Å².